The zero-order chi connectivity index (χ0) is 13.0. The topological polar surface area (TPSA) is 49.4 Å². The maximum absolute atomic E-state index is 12.2. The summed E-state index contributed by atoms with van der Waals surface area (Å²) < 4.78 is 0. The molecule has 94 valence electrons. The first-order chi connectivity index (χ1) is 8.01. The maximum atomic E-state index is 12.2. The summed E-state index contributed by atoms with van der Waals surface area (Å²) >= 11 is 0. The highest BCUT2D eigenvalue weighted by Gasteiger charge is 2.39. The van der Waals surface area contributed by atoms with Gasteiger partial charge in [0.1, 0.15) is 12.1 Å². The number of hydrogen-bond acceptors (Lipinski definition) is 2. The second-order valence-electron chi connectivity index (χ2n) is 4.79. The molecule has 1 N–H and O–H groups in total. The first kappa shape index (κ1) is 13.6. The number of carbonyl (C=O) groups excluding carboxylic acids is 2. The highest BCUT2D eigenvalue weighted by Crippen LogP contribution is 2.17. The molecule has 0 saturated carbocycles. The van der Waals surface area contributed by atoms with E-state index in [0.29, 0.717) is 18.8 Å². The zero-order valence-corrected chi connectivity index (χ0v) is 10.7. The van der Waals surface area contributed by atoms with Gasteiger partial charge in [0.25, 0.3) is 0 Å². The smallest absolute Gasteiger partial charge is 0.246 e. The number of nitrogens with one attached hydrogen (secondary N) is 1. The molecule has 1 heterocycles. The van der Waals surface area contributed by atoms with Crippen LogP contribution in [-0.2, 0) is 9.59 Å². The lowest BCUT2D eigenvalue weighted by atomic mass is 9.98. The maximum Gasteiger partial charge on any atom is 0.246 e. The summed E-state index contributed by atoms with van der Waals surface area (Å²) in [6.45, 7) is 6.14. The van der Waals surface area contributed by atoms with Crippen molar-refractivity contribution in [3.8, 4) is 12.3 Å². The van der Waals surface area contributed by atoms with Gasteiger partial charge in [-0.05, 0) is 18.8 Å². The van der Waals surface area contributed by atoms with Crippen LogP contribution in [0, 0.1) is 18.3 Å². The molecule has 0 aromatic carbocycles. The van der Waals surface area contributed by atoms with Crippen molar-refractivity contribution in [2.24, 2.45) is 5.92 Å². The van der Waals surface area contributed by atoms with Crippen molar-refractivity contribution in [1.29, 1.82) is 0 Å². The minimum Gasteiger partial charge on any atom is -0.342 e. The van der Waals surface area contributed by atoms with Crippen LogP contribution < -0.4 is 5.32 Å². The predicted octanol–water partition coefficient (Wildman–Crippen LogP) is 0.771. The molecule has 0 aromatic heterocycles. The first-order valence-corrected chi connectivity index (χ1v) is 6.05. The summed E-state index contributed by atoms with van der Waals surface area (Å²) in [6.07, 6.45) is 6.50. The van der Waals surface area contributed by atoms with E-state index < -0.39 is 12.1 Å². The van der Waals surface area contributed by atoms with Gasteiger partial charge >= 0.3 is 0 Å². The Kier molecular flexibility index (Phi) is 4.56. The monoisotopic (exact) mass is 236 g/mol. The van der Waals surface area contributed by atoms with Crippen LogP contribution in [0.25, 0.3) is 0 Å². The molecule has 4 heteroatoms. The quantitative estimate of drug-likeness (QED) is 0.733. The molecule has 1 rings (SSSR count). The summed E-state index contributed by atoms with van der Waals surface area (Å²) in [5, 5.41) is 2.79. The Balaban J connectivity index is 2.86. The summed E-state index contributed by atoms with van der Waals surface area (Å²) in [4.78, 5) is 25.6. The van der Waals surface area contributed by atoms with Crippen molar-refractivity contribution < 1.29 is 9.59 Å². The van der Waals surface area contributed by atoms with E-state index in [1.54, 1.807) is 0 Å². The van der Waals surface area contributed by atoms with Crippen molar-refractivity contribution in [1.82, 2.24) is 10.2 Å². The van der Waals surface area contributed by atoms with Crippen LogP contribution in [0.4, 0.5) is 0 Å². The van der Waals surface area contributed by atoms with Crippen LogP contribution in [0.2, 0.25) is 0 Å². The Hall–Kier alpha value is -1.50. The summed E-state index contributed by atoms with van der Waals surface area (Å²) in [7, 11) is 0. The third kappa shape index (κ3) is 3.00. The number of amides is 2. The molecule has 1 aliphatic heterocycles. The van der Waals surface area contributed by atoms with Gasteiger partial charge in [0, 0.05) is 0 Å². The standard InChI is InChI=1S/C13H20N2O2/c1-5-7-15-11(6-2)12(16)14-10(13(15)17)8-9(3)4/h1,9-11H,6-8H2,2-4H3,(H,14,16). The van der Waals surface area contributed by atoms with E-state index in [4.69, 9.17) is 6.42 Å². The van der Waals surface area contributed by atoms with Crippen LogP contribution in [-0.4, -0.2) is 35.3 Å². The predicted molar refractivity (Wildman–Crippen MR) is 66.0 cm³/mol. The van der Waals surface area contributed by atoms with Crippen molar-refractivity contribution in [3.63, 3.8) is 0 Å². The van der Waals surface area contributed by atoms with Gasteiger partial charge in [-0.15, -0.1) is 6.42 Å². The largest absolute Gasteiger partial charge is 0.342 e. The molecule has 4 nitrogen and oxygen atoms in total. The number of hydrogen-bond donors (Lipinski definition) is 1. The third-order valence-electron chi connectivity index (χ3n) is 2.93. The molecule has 0 aromatic rings. The van der Waals surface area contributed by atoms with E-state index in [1.165, 1.54) is 4.90 Å². The third-order valence-corrected chi connectivity index (χ3v) is 2.93. The van der Waals surface area contributed by atoms with Crippen molar-refractivity contribution in [2.45, 2.75) is 45.7 Å². The summed E-state index contributed by atoms with van der Waals surface area (Å²) in [5.74, 6) is 2.67. The van der Waals surface area contributed by atoms with Gasteiger partial charge in [-0.3, -0.25) is 9.59 Å². The van der Waals surface area contributed by atoms with Crippen molar-refractivity contribution >= 4 is 11.8 Å². The lowest BCUT2D eigenvalue weighted by Gasteiger charge is -2.38. The summed E-state index contributed by atoms with van der Waals surface area (Å²) in [6, 6.07) is -0.833. The molecule has 2 unspecified atom stereocenters. The van der Waals surface area contributed by atoms with Crippen LogP contribution in [0.3, 0.4) is 0 Å². The lowest BCUT2D eigenvalue weighted by Crippen LogP contribution is -2.63. The molecule has 0 aliphatic carbocycles. The molecule has 0 bridgehead atoms. The highest BCUT2D eigenvalue weighted by atomic mass is 16.2. The molecule has 1 fully saturated rings. The lowest BCUT2D eigenvalue weighted by molar-refractivity contribution is -0.149. The van der Waals surface area contributed by atoms with E-state index in [0.717, 1.165) is 0 Å². The molecule has 2 amide bonds. The second kappa shape index (κ2) is 5.72. The molecule has 1 saturated heterocycles. The van der Waals surface area contributed by atoms with Gasteiger partial charge in [-0.2, -0.15) is 0 Å². The van der Waals surface area contributed by atoms with E-state index >= 15 is 0 Å². The Morgan fingerprint density at radius 2 is 2.12 bits per heavy atom. The van der Waals surface area contributed by atoms with Gasteiger partial charge in [-0.25, -0.2) is 0 Å². The van der Waals surface area contributed by atoms with E-state index in [1.807, 2.05) is 20.8 Å². The molecular weight excluding hydrogens is 216 g/mol. The Morgan fingerprint density at radius 1 is 1.47 bits per heavy atom. The SMILES string of the molecule is C#CCN1C(=O)C(CC(C)C)NC(=O)C1CC. The van der Waals surface area contributed by atoms with Crippen LogP contribution >= 0.6 is 0 Å². The number of carbonyl (C=O) groups is 2. The van der Waals surface area contributed by atoms with Crippen LogP contribution in [0.15, 0.2) is 0 Å². The van der Waals surface area contributed by atoms with Gasteiger partial charge < -0.3 is 10.2 Å². The van der Waals surface area contributed by atoms with Crippen molar-refractivity contribution in [2.75, 3.05) is 6.54 Å². The zero-order valence-electron chi connectivity index (χ0n) is 10.7. The molecule has 1 aliphatic rings. The number of nitrogens with zero attached hydrogens (tertiary/aromatic N) is 1. The fourth-order valence-electron chi connectivity index (χ4n) is 2.15. The minimum atomic E-state index is -0.418. The average Bonchev–Trinajstić information content (AvgIpc) is 2.25. The van der Waals surface area contributed by atoms with Gasteiger partial charge in [-0.1, -0.05) is 26.7 Å². The minimum absolute atomic E-state index is 0.0527. The average molecular weight is 236 g/mol. The van der Waals surface area contributed by atoms with E-state index in [9.17, 15) is 9.59 Å². The number of terminal acetylenes is 1. The summed E-state index contributed by atoms with van der Waals surface area (Å²) in [5.41, 5.74) is 0. The number of rotatable bonds is 4. The van der Waals surface area contributed by atoms with E-state index in [2.05, 4.69) is 11.2 Å². The molecule has 0 spiro atoms. The Labute approximate surface area is 103 Å². The number of piperazine rings is 1. The normalized spacial score (nSPS) is 24.8. The van der Waals surface area contributed by atoms with Gasteiger partial charge in [0.2, 0.25) is 11.8 Å². The molecule has 0 radical (unpaired) electrons. The molecular formula is C13H20N2O2. The fraction of sp³-hybridized carbons (Fsp3) is 0.692. The first-order valence-electron chi connectivity index (χ1n) is 6.05. The van der Waals surface area contributed by atoms with Crippen LogP contribution in [0.5, 0.6) is 0 Å². The fourth-order valence-corrected chi connectivity index (χ4v) is 2.15. The molecule has 17 heavy (non-hydrogen) atoms. The van der Waals surface area contributed by atoms with Crippen molar-refractivity contribution in [3.05, 3.63) is 0 Å². The Morgan fingerprint density at radius 3 is 2.59 bits per heavy atom. The Bertz CT molecular complexity index is 344. The van der Waals surface area contributed by atoms with Crippen LogP contribution in [0.1, 0.15) is 33.6 Å². The van der Waals surface area contributed by atoms with Gasteiger partial charge in [0.05, 0.1) is 6.54 Å². The van der Waals surface area contributed by atoms with E-state index in [-0.39, 0.29) is 18.4 Å². The van der Waals surface area contributed by atoms with Gasteiger partial charge in [0.15, 0.2) is 0 Å². The molecule has 2 atom stereocenters. The second-order valence-corrected chi connectivity index (χ2v) is 4.79. The highest BCUT2D eigenvalue weighted by molar-refractivity contribution is 5.97.